The minimum absolute atomic E-state index is 0.0379. The van der Waals surface area contributed by atoms with Crippen molar-refractivity contribution in [3.05, 3.63) is 18.7 Å². The maximum absolute atomic E-state index is 4.14. The van der Waals surface area contributed by atoms with Gasteiger partial charge in [0.05, 0.1) is 30.0 Å². The molecular formula is C10H15N5. The van der Waals surface area contributed by atoms with Crippen molar-refractivity contribution in [2.75, 3.05) is 0 Å². The van der Waals surface area contributed by atoms with Gasteiger partial charge in [-0.3, -0.25) is 0 Å². The van der Waals surface area contributed by atoms with Crippen molar-refractivity contribution < 1.29 is 0 Å². The molecular weight excluding hydrogens is 190 g/mol. The van der Waals surface area contributed by atoms with Crippen LogP contribution < -0.4 is 0 Å². The number of imidazole rings is 1. The molecule has 0 N–H and O–H groups in total. The van der Waals surface area contributed by atoms with E-state index in [9.17, 15) is 0 Å². The molecule has 0 saturated heterocycles. The van der Waals surface area contributed by atoms with Gasteiger partial charge in [-0.05, 0) is 20.8 Å². The van der Waals surface area contributed by atoms with Gasteiger partial charge in [0, 0.05) is 7.05 Å². The van der Waals surface area contributed by atoms with Crippen molar-refractivity contribution in [3.63, 3.8) is 0 Å². The van der Waals surface area contributed by atoms with Gasteiger partial charge in [-0.15, -0.1) is 5.10 Å². The van der Waals surface area contributed by atoms with E-state index in [4.69, 9.17) is 0 Å². The lowest BCUT2D eigenvalue weighted by atomic mass is 10.1. The molecule has 80 valence electrons. The summed E-state index contributed by atoms with van der Waals surface area (Å²) in [6.45, 7) is 6.28. The molecule has 15 heavy (non-hydrogen) atoms. The first-order chi connectivity index (χ1) is 6.98. The standard InChI is InChI=1S/C10H15N5/c1-10(2,3)15-6-8(12-13-15)9-5-11-7-14(9)4/h5-7H,1-4H3. The van der Waals surface area contributed by atoms with Crippen LogP contribution in [0.15, 0.2) is 18.7 Å². The number of aryl methyl sites for hydroxylation is 1. The molecule has 0 saturated carbocycles. The Bertz CT molecular complexity index is 460. The van der Waals surface area contributed by atoms with Crippen LogP contribution in [-0.4, -0.2) is 24.5 Å². The van der Waals surface area contributed by atoms with E-state index in [1.165, 1.54) is 0 Å². The third kappa shape index (κ3) is 1.77. The van der Waals surface area contributed by atoms with Crippen molar-refractivity contribution in [2.45, 2.75) is 26.3 Å². The molecule has 2 aromatic heterocycles. The molecule has 0 unspecified atom stereocenters. The van der Waals surface area contributed by atoms with E-state index in [0.29, 0.717) is 0 Å². The molecule has 0 aliphatic heterocycles. The second-order valence-corrected chi connectivity index (χ2v) is 4.61. The average Bonchev–Trinajstić information content (AvgIpc) is 2.69. The molecule has 2 aromatic rings. The van der Waals surface area contributed by atoms with Gasteiger partial charge in [0.1, 0.15) is 5.69 Å². The van der Waals surface area contributed by atoms with Crippen LogP contribution in [0.1, 0.15) is 20.8 Å². The molecule has 0 radical (unpaired) electrons. The predicted octanol–water partition coefficient (Wildman–Crippen LogP) is 1.43. The summed E-state index contributed by atoms with van der Waals surface area (Å²) in [5.41, 5.74) is 1.79. The fraction of sp³-hybridized carbons (Fsp3) is 0.500. The van der Waals surface area contributed by atoms with Crippen molar-refractivity contribution in [3.8, 4) is 11.4 Å². The van der Waals surface area contributed by atoms with Crippen LogP contribution in [0.3, 0.4) is 0 Å². The Morgan fingerprint density at radius 3 is 2.47 bits per heavy atom. The number of hydrogen-bond acceptors (Lipinski definition) is 3. The SMILES string of the molecule is Cn1cncc1-c1cn(C(C)(C)C)nn1. The largest absolute Gasteiger partial charge is 0.332 e. The summed E-state index contributed by atoms with van der Waals surface area (Å²) < 4.78 is 3.78. The Balaban J connectivity index is 2.41. The zero-order valence-electron chi connectivity index (χ0n) is 9.47. The maximum Gasteiger partial charge on any atom is 0.131 e. The van der Waals surface area contributed by atoms with E-state index < -0.39 is 0 Å². The molecule has 0 atom stereocenters. The van der Waals surface area contributed by atoms with Crippen molar-refractivity contribution in [2.24, 2.45) is 7.05 Å². The van der Waals surface area contributed by atoms with Gasteiger partial charge in [0.25, 0.3) is 0 Å². The second-order valence-electron chi connectivity index (χ2n) is 4.61. The first-order valence-corrected chi connectivity index (χ1v) is 4.88. The first-order valence-electron chi connectivity index (χ1n) is 4.88. The molecule has 2 heterocycles. The average molecular weight is 205 g/mol. The monoisotopic (exact) mass is 205 g/mol. The number of hydrogen-bond donors (Lipinski definition) is 0. The highest BCUT2D eigenvalue weighted by Crippen LogP contribution is 2.18. The predicted molar refractivity (Wildman–Crippen MR) is 57.2 cm³/mol. The van der Waals surface area contributed by atoms with E-state index in [1.807, 2.05) is 22.5 Å². The van der Waals surface area contributed by atoms with Gasteiger partial charge in [0.2, 0.25) is 0 Å². The third-order valence-corrected chi connectivity index (χ3v) is 2.26. The van der Waals surface area contributed by atoms with Gasteiger partial charge in [-0.25, -0.2) is 9.67 Å². The summed E-state index contributed by atoms with van der Waals surface area (Å²) in [6.07, 6.45) is 5.49. The highest BCUT2D eigenvalue weighted by atomic mass is 15.4. The summed E-state index contributed by atoms with van der Waals surface area (Å²) in [7, 11) is 1.94. The lowest BCUT2D eigenvalue weighted by Gasteiger charge is -2.17. The lowest BCUT2D eigenvalue weighted by molar-refractivity contribution is 0.347. The molecule has 0 spiro atoms. The van der Waals surface area contributed by atoms with Crippen LogP contribution in [-0.2, 0) is 12.6 Å². The van der Waals surface area contributed by atoms with E-state index in [1.54, 1.807) is 12.5 Å². The molecule has 5 heteroatoms. The van der Waals surface area contributed by atoms with Gasteiger partial charge in [-0.1, -0.05) is 5.21 Å². The summed E-state index contributed by atoms with van der Waals surface area (Å²) in [5.74, 6) is 0. The van der Waals surface area contributed by atoms with Gasteiger partial charge in [0.15, 0.2) is 0 Å². The maximum atomic E-state index is 4.14. The van der Waals surface area contributed by atoms with Crippen LogP contribution >= 0.6 is 0 Å². The Morgan fingerprint density at radius 1 is 1.27 bits per heavy atom. The third-order valence-electron chi connectivity index (χ3n) is 2.26. The molecule has 0 bridgehead atoms. The number of nitrogens with zero attached hydrogens (tertiary/aromatic N) is 5. The van der Waals surface area contributed by atoms with Crippen molar-refractivity contribution >= 4 is 0 Å². The summed E-state index contributed by atoms with van der Waals surface area (Å²) in [4.78, 5) is 4.06. The van der Waals surface area contributed by atoms with Crippen LogP contribution in [0.4, 0.5) is 0 Å². The summed E-state index contributed by atoms with van der Waals surface area (Å²) >= 11 is 0. The highest BCUT2D eigenvalue weighted by Gasteiger charge is 2.16. The zero-order valence-corrected chi connectivity index (χ0v) is 9.47. The van der Waals surface area contributed by atoms with Crippen LogP contribution in [0, 0.1) is 0 Å². The fourth-order valence-corrected chi connectivity index (χ4v) is 1.31. The Hall–Kier alpha value is -1.65. The van der Waals surface area contributed by atoms with Crippen LogP contribution in [0.5, 0.6) is 0 Å². The molecule has 0 fully saturated rings. The fourth-order valence-electron chi connectivity index (χ4n) is 1.31. The second kappa shape index (κ2) is 3.18. The molecule has 0 aromatic carbocycles. The molecule has 2 rings (SSSR count). The van der Waals surface area contributed by atoms with E-state index in [-0.39, 0.29) is 5.54 Å². The van der Waals surface area contributed by atoms with Gasteiger partial charge >= 0.3 is 0 Å². The zero-order chi connectivity index (χ0) is 11.1. The quantitative estimate of drug-likeness (QED) is 0.707. The minimum Gasteiger partial charge on any atom is -0.332 e. The molecule has 0 aliphatic carbocycles. The van der Waals surface area contributed by atoms with Crippen molar-refractivity contribution in [1.29, 1.82) is 0 Å². The Kier molecular flexibility index (Phi) is 2.10. The van der Waals surface area contributed by atoms with E-state index >= 15 is 0 Å². The summed E-state index contributed by atoms with van der Waals surface area (Å²) in [5, 5.41) is 8.25. The molecule has 0 amide bonds. The molecule has 5 nitrogen and oxygen atoms in total. The van der Waals surface area contributed by atoms with E-state index in [0.717, 1.165) is 11.4 Å². The Morgan fingerprint density at radius 2 is 2.00 bits per heavy atom. The van der Waals surface area contributed by atoms with E-state index in [2.05, 4.69) is 36.1 Å². The number of rotatable bonds is 1. The normalized spacial score (nSPS) is 12.0. The van der Waals surface area contributed by atoms with Crippen molar-refractivity contribution in [1.82, 2.24) is 24.5 Å². The topological polar surface area (TPSA) is 48.5 Å². The first kappa shape index (κ1) is 9.89. The molecule has 0 aliphatic rings. The highest BCUT2D eigenvalue weighted by molar-refractivity contribution is 5.51. The Labute approximate surface area is 88.7 Å². The lowest BCUT2D eigenvalue weighted by Crippen LogP contribution is -2.22. The van der Waals surface area contributed by atoms with Gasteiger partial charge < -0.3 is 4.57 Å². The number of aromatic nitrogens is 5. The summed E-state index contributed by atoms with van der Waals surface area (Å²) in [6, 6.07) is 0. The van der Waals surface area contributed by atoms with Crippen LogP contribution in [0.25, 0.3) is 11.4 Å². The smallest absolute Gasteiger partial charge is 0.131 e. The van der Waals surface area contributed by atoms with Gasteiger partial charge in [-0.2, -0.15) is 0 Å². The van der Waals surface area contributed by atoms with Crippen LogP contribution in [0.2, 0.25) is 0 Å². The minimum atomic E-state index is -0.0379.